The lowest BCUT2D eigenvalue weighted by Crippen LogP contribution is -2.67. The van der Waals surface area contributed by atoms with Crippen molar-refractivity contribution in [1.82, 2.24) is 0 Å². The molecule has 0 aromatic heterocycles. The fourth-order valence-electron chi connectivity index (χ4n) is 16.2. The van der Waals surface area contributed by atoms with Crippen LogP contribution in [0.2, 0.25) is 0 Å². The van der Waals surface area contributed by atoms with Gasteiger partial charge in [-0.05, 0) is 119 Å². The molecule has 0 amide bonds. The summed E-state index contributed by atoms with van der Waals surface area (Å²) in [4.78, 5) is 0. The van der Waals surface area contributed by atoms with Crippen molar-refractivity contribution in [2.45, 2.75) is 285 Å². The second-order valence-electron chi connectivity index (χ2n) is 27.3. The van der Waals surface area contributed by atoms with Gasteiger partial charge in [-0.3, -0.25) is 4.55 Å². The number of rotatable bonds is 17. The summed E-state index contributed by atoms with van der Waals surface area (Å²) in [5.74, 6) is -0.0475. The third-order valence-corrected chi connectivity index (χ3v) is 22.2. The van der Waals surface area contributed by atoms with E-state index in [-0.39, 0.29) is 54.1 Å². The zero-order valence-electron chi connectivity index (χ0n) is 50.0. The fourth-order valence-corrected chi connectivity index (χ4v) is 16.7. The summed E-state index contributed by atoms with van der Waals surface area (Å²) in [6.45, 7) is 15.4. The number of aliphatic hydroxyl groups excluding tert-OH is 12. The quantitative estimate of drug-likeness (QED) is 0.0403. The van der Waals surface area contributed by atoms with E-state index in [1.54, 1.807) is 0 Å². The molecule has 10 aliphatic rings. The molecule has 0 spiro atoms. The van der Waals surface area contributed by atoms with E-state index >= 15 is 0 Å². The van der Waals surface area contributed by atoms with Gasteiger partial charge in [0.2, 0.25) is 0 Å². The lowest BCUT2D eigenvalue weighted by Gasteiger charge is -2.60. The largest absolute Gasteiger partial charge is 0.397 e. The highest BCUT2D eigenvalue weighted by Gasteiger charge is 2.67. The Balaban J connectivity index is 0.912. The summed E-state index contributed by atoms with van der Waals surface area (Å²) < 4.78 is 107. The van der Waals surface area contributed by atoms with Crippen molar-refractivity contribution < 1.29 is 136 Å². The molecular weight excluding hydrogens is 1160 g/mol. The van der Waals surface area contributed by atoms with Crippen molar-refractivity contribution in [3.05, 3.63) is 11.6 Å². The monoisotopic (exact) mass is 1260 g/mol. The first kappa shape index (κ1) is 67.5. The van der Waals surface area contributed by atoms with Gasteiger partial charge in [-0.1, -0.05) is 46.3 Å². The maximum Gasteiger partial charge on any atom is 0.397 e. The van der Waals surface area contributed by atoms with Gasteiger partial charge in [0.05, 0.1) is 55.4 Å². The summed E-state index contributed by atoms with van der Waals surface area (Å²) in [5, 5.41) is 146. The summed E-state index contributed by atoms with van der Waals surface area (Å²) >= 11 is 0. The normalized spacial score (nSPS) is 53.6. The van der Waals surface area contributed by atoms with Crippen molar-refractivity contribution in [3.8, 4) is 0 Å². The van der Waals surface area contributed by atoms with Gasteiger partial charge in [-0.2, -0.15) is 8.42 Å². The molecule has 6 aliphatic heterocycles. The first-order valence-corrected chi connectivity index (χ1v) is 31.9. The number of hydrogen-bond acceptors (Lipinski definition) is 27. The molecule has 4 aliphatic carbocycles. The molecule has 28 nitrogen and oxygen atoms in total. The first-order chi connectivity index (χ1) is 40.2. The summed E-state index contributed by atoms with van der Waals surface area (Å²) in [6.07, 6.45) is -37.2. The standard InChI is InChI=1S/C57H94O28S/c1-20(2)21(3)45-49(81-45)57(9,70)33-11-10-27-26-17-30(29-16-25(85-86(71,72)73)12-14-55(29,7)28(26)13-15-56(27,33)8)78-52-44(69)46(36(61)24(6)77-52)82-53-47(83-50-42(67)39(64)34(59)22(4)75-50)38(63)32(19-74-53)80-54-48(41(66)37(62)31(18-58)79-54)84-51-43(68)40(65)35(60)23(5)76-51/h13,20-27,29-54,58-70H,10-12,14-19H2,1-9H3,(H,71,72,73). The Bertz CT molecular complexity index is 2460. The summed E-state index contributed by atoms with van der Waals surface area (Å²) in [6, 6.07) is 0. The molecule has 86 heavy (non-hydrogen) atoms. The molecule has 6 heterocycles. The number of aliphatic hydroxyl groups is 13. The first-order valence-electron chi connectivity index (χ1n) is 30.6. The van der Waals surface area contributed by atoms with E-state index in [1.165, 1.54) is 26.3 Å². The van der Waals surface area contributed by atoms with E-state index in [0.29, 0.717) is 25.2 Å². The van der Waals surface area contributed by atoms with Gasteiger partial charge in [0.1, 0.15) is 104 Å². The zero-order valence-corrected chi connectivity index (χ0v) is 50.8. The molecule has 29 heteroatoms. The van der Waals surface area contributed by atoms with Crippen LogP contribution >= 0.6 is 0 Å². The SMILES string of the molecule is CC(C)C(C)C1OC1C(C)(O)C1CCC2C3CC(OC4OC(C)C(O)C(OC5OCC(OC6OC(CO)C(O)C(O)C6OC6OC(C)C(O)C(O)C6O)C(O)C5OC5OC(C)C(O)C(O)C5O)C4O)C4CC(OS(=O)(=O)O)CCC4(C)C3=CCC21C. The number of ether oxygens (including phenoxy) is 11. The predicted octanol–water partition coefficient (Wildman–Crippen LogP) is -2.62. The minimum absolute atomic E-state index is 0.0597. The van der Waals surface area contributed by atoms with Gasteiger partial charge in [0, 0.05) is 0 Å². The molecule has 0 radical (unpaired) electrons. The Hall–Kier alpha value is -1.35. The van der Waals surface area contributed by atoms with Crippen LogP contribution in [0.15, 0.2) is 11.6 Å². The predicted molar refractivity (Wildman–Crippen MR) is 289 cm³/mol. The number of epoxide rings is 1. The van der Waals surface area contributed by atoms with E-state index in [1.807, 2.05) is 6.92 Å². The highest BCUT2D eigenvalue weighted by Crippen LogP contribution is 2.68. The lowest BCUT2D eigenvalue weighted by atomic mass is 9.47. The van der Waals surface area contributed by atoms with Crippen LogP contribution in [0.5, 0.6) is 0 Å². The topological polar surface area (TPSA) is 431 Å². The molecule has 6 saturated heterocycles. The van der Waals surface area contributed by atoms with Crippen LogP contribution in [0.1, 0.15) is 107 Å². The molecule has 36 unspecified atom stereocenters. The van der Waals surface area contributed by atoms with Gasteiger partial charge < -0.3 is 118 Å². The van der Waals surface area contributed by atoms with Crippen molar-refractivity contribution in [2.75, 3.05) is 13.2 Å². The Kier molecular flexibility index (Phi) is 20.0. The van der Waals surface area contributed by atoms with Crippen LogP contribution in [-0.4, -0.2) is 270 Å². The van der Waals surface area contributed by atoms with E-state index in [9.17, 15) is 79.4 Å². The van der Waals surface area contributed by atoms with Crippen LogP contribution in [0, 0.1) is 46.3 Å². The third kappa shape index (κ3) is 12.5. The molecule has 0 aromatic rings. The number of fused-ring (bicyclic) bond motifs is 5. The van der Waals surface area contributed by atoms with Crippen molar-refractivity contribution in [3.63, 3.8) is 0 Å². The van der Waals surface area contributed by atoms with Crippen molar-refractivity contribution >= 4 is 10.4 Å². The van der Waals surface area contributed by atoms with E-state index in [0.717, 1.165) is 12.8 Å². The average Bonchev–Trinajstić information content (AvgIpc) is 1.38. The molecular formula is C57H94O28S. The van der Waals surface area contributed by atoms with Crippen LogP contribution in [0.25, 0.3) is 0 Å². The van der Waals surface area contributed by atoms with Crippen LogP contribution in [0.3, 0.4) is 0 Å². The Morgan fingerprint density at radius 3 is 1.76 bits per heavy atom. The van der Waals surface area contributed by atoms with E-state index in [4.69, 9.17) is 56.3 Å². The van der Waals surface area contributed by atoms with Crippen LogP contribution in [0.4, 0.5) is 0 Å². The molecule has 0 bridgehead atoms. The Morgan fingerprint density at radius 2 is 1.17 bits per heavy atom. The van der Waals surface area contributed by atoms with E-state index < -0.39 is 200 Å². The minimum Gasteiger partial charge on any atom is -0.394 e. The van der Waals surface area contributed by atoms with Gasteiger partial charge >= 0.3 is 10.4 Å². The van der Waals surface area contributed by atoms with Crippen molar-refractivity contribution in [2.24, 2.45) is 46.3 Å². The maximum atomic E-state index is 12.5. The zero-order chi connectivity index (χ0) is 62.8. The molecule has 3 saturated carbocycles. The molecule has 496 valence electrons. The molecule has 0 aromatic carbocycles. The number of allylic oxidation sites excluding steroid dienone is 2. The highest BCUT2D eigenvalue weighted by molar-refractivity contribution is 7.80. The molecule has 36 atom stereocenters. The maximum absolute atomic E-state index is 12.5. The fraction of sp³-hybridized carbons (Fsp3) is 0.965. The van der Waals surface area contributed by atoms with Gasteiger partial charge in [0.15, 0.2) is 31.5 Å². The van der Waals surface area contributed by atoms with Gasteiger partial charge in [-0.15, -0.1) is 0 Å². The van der Waals surface area contributed by atoms with Gasteiger partial charge in [0.25, 0.3) is 0 Å². The molecule has 14 N–H and O–H groups in total. The smallest absolute Gasteiger partial charge is 0.394 e. The van der Waals surface area contributed by atoms with Crippen LogP contribution in [-0.2, 0) is 66.7 Å². The summed E-state index contributed by atoms with van der Waals surface area (Å²) in [7, 11) is -4.87. The lowest BCUT2D eigenvalue weighted by molar-refractivity contribution is -0.398. The second-order valence-corrected chi connectivity index (χ2v) is 28.4. The van der Waals surface area contributed by atoms with Gasteiger partial charge in [-0.25, -0.2) is 4.18 Å². The Morgan fingerprint density at radius 1 is 0.616 bits per heavy atom. The molecule has 9 fully saturated rings. The highest BCUT2D eigenvalue weighted by atomic mass is 32.3. The molecule has 10 rings (SSSR count). The number of hydrogen-bond donors (Lipinski definition) is 14. The average molecular weight is 1260 g/mol. The Labute approximate surface area is 500 Å². The summed E-state index contributed by atoms with van der Waals surface area (Å²) in [5.41, 5.74) is -0.931. The second kappa shape index (κ2) is 25.5. The van der Waals surface area contributed by atoms with Crippen LogP contribution < -0.4 is 0 Å². The van der Waals surface area contributed by atoms with E-state index in [2.05, 4.69) is 40.7 Å². The minimum atomic E-state index is -4.87. The third-order valence-electron chi connectivity index (χ3n) is 21.7. The van der Waals surface area contributed by atoms with Crippen molar-refractivity contribution in [1.29, 1.82) is 0 Å².